The van der Waals surface area contributed by atoms with Gasteiger partial charge in [0.25, 0.3) is 10.0 Å². The third kappa shape index (κ3) is 4.06. The van der Waals surface area contributed by atoms with Crippen LogP contribution < -0.4 is 10.0 Å². The Balaban J connectivity index is 1.57. The predicted molar refractivity (Wildman–Crippen MR) is 95.5 cm³/mol. The van der Waals surface area contributed by atoms with E-state index in [1.54, 1.807) is 29.3 Å². The van der Waals surface area contributed by atoms with Gasteiger partial charge in [0.2, 0.25) is 0 Å². The molecule has 0 amide bonds. The Hall–Kier alpha value is -2.79. The molecule has 138 valence electrons. The highest BCUT2D eigenvalue weighted by molar-refractivity contribution is 7.89. The van der Waals surface area contributed by atoms with Crippen molar-refractivity contribution in [3.63, 3.8) is 0 Å². The van der Waals surface area contributed by atoms with E-state index >= 15 is 0 Å². The third-order valence-corrected chi connectivity index (χ3v) is 5.03. The van der Waals surface area contributed by atoms with Crippen LogP contribution in [0.4, 0.5) is 5.82 Å². The summed E-state index contributed by atoms with van der Waals surface area (Å²) >= 11 is 0. The van der Waals surface area contributed by atoms with Gasteiger partial charge in [-0.25, -0.2) is 32.8 Å². The van der Waals surface area contributed by atoms with E-state index in [1.807, 2.05) is 19.2 Å². The molecule has 3 aromatic heterocycles. The van der Waals surface area contributed by atoms with Crippen LogP contribution in [0.3, 0.4) is 0 Å². The number of imidazole rings is 1. The van der Waals surface area contributed by atoms with E-state index in [4.69, 9.17) is 0 Å². The lowest BCUT2D eigenvalue weighted by Gasteiger charge is -2.08. The van der Waals surface area contributed by atoms with Crippen LogP contribution in [0.1, 0.15) is 11.5 Å². The zero-order chi connectivity index (χ0) is 18.7. The van der Waals surface area contributed by atoms with Crippen LogP contribution in [0.15, 0.2) is 35.9 Å². The molecule has 0 fully saturated rings. The average Bonchev–Trinajstić information content (AvgIpc) is 3.19. The van der Waals surface area contributed by atoms with Crippen molar-refractivity contribution in [1.29, 1.82) is 0 Å². The standard InChI is InChI=1S/C15H20N8O2S/c1-11-4-7-23(21-11)14-8-13(17-10-18-14)16-5-6-19-26(24,25)15-9-22(3)12(2)20-15/h4,7-10,19H,5-6H2,1-3H3,(H,16,17,18). The zero-order valence-electron chi connectivity index (χ0n) is 14.7. The van der Waals surface area contributed by atoms with E-state index in [9.17, 15) is 8.42 Å². The highest BCUT2D eigenvalue weighted by Crippen LogP contribution is 2.09. The van der Waals surface area contributed by atoms with E-state index in [0.717, 1.165) is 5.69 Å². The van der Waals surface area contributed by atoms with Crippen LogP contribution in [0.5, 0.6) is 0 Å². The first-order chi connectivity index (χ1) is 12.3. The van der Waals surface area contributed by atoms with Gasteiger partial charge in [-0.15, -0.1) is 0 Å². The van der Waals surface area contributed by atoms with Gasteiger partial charge in [-0.1, -0.05) is 0 Å². The second-order valence-corrected chi connectivity index (χ2v) is 7.44. The lowest BCUT2D eigenvalue weighted by atomic mass is 10.5. The molecular formula is C15H20N8O2S. The molecule has 0 unspecified atom stereocenters. The van der Waals surface area contributed by atoms with E-state index in [-0.39, 0.29) is 11.6 Å². The summed E-state index contributed by atoms with van der Waals surface area (Å²) in [6.07, 6.45) is 4.72. The van der Waals surface area contributed by atoms with Gasteiger partial charge in [0.15, 0.2) is 10.8 Å². The molecule has 11 heteroatoms. The van der Waals surface area contributed by atoms with Gasteiger partial charge < -0.3 is 9.88 Å². The Morgan fingerprint density at radius 3 is 2.65 bits per heavy atom. The van der Waals surface area contributed by atoms with Gasteiger partial charge in [0, 0.05) is 38.6 Å². The number of nitrogens with zero attached hydrogens (tertiary/aromatic N) is 6. The van der Waals surface area contributed by atoms with Gasteiger partial charge >= 0.3 is 0 Å². The molecule has 0 aliphatic heterocycles. The molecule has 10 nitrogen and oxygen atoms in total. The molecule has 3 heterocycles. The molecule has 0 atom stereocenters. The van der Waals surface area contributed by atoms with Crippen molar-refractivity contribution in [1.82, 2.24) is 34.0 Å². The van der Waals surface area contributed by atoms with Crippen molar-refractivity contribution in [2.75, 3.05) is 18.4 Å². The summed E-state index contributed by atoms with van der Waals surface area (Å²) in [6, 6.07) is 3.62. The molecule has 0 aromatic carbocycles. The topological polar surface area (TPSA) is 120 Å². The van der Waals surface area contributed by atoms with Crippen molar-refractivity contribution < 1.29 is 8.42 Å². The van der Waals surface area contributed by atoms with Gasteiger partial charge in [0.1, 0.15) is 18.0 Å². The molecule has 0 aliphatic carbocycles. The average molecular weight is 376 g/mol. The number of rotatable bonds is 7. The molecule has 0 bridgehead atoms. The first kappa shape index (κ1) is 18.0. The Bertz CT molecular complexity index is 989. The van der Waals surface area contributed by atoms with Gasteiger partial charge in [0.05, 0.1) is 5.69 Å². The fourth-order valence-corrected chi connectivity index (χ4v) is 3.29. The fraction of sp³-hybridized carbons (Fsp3) is 0.333. The summed E-state index contributed by atoms with van der Waals surface area (Å²) in [5.41, 5.74) is 0.886. The summed E-state index contributed by atoms with van der Waals surface area (Å²) in [6.45, 7) is 4.19. The second kappa shape index (κ2) is 7.22. The second-order valence-electron chi connectivity index (χ2n) is 5.72. The van der Waals surface area contributed by atoms with Gasteiger partial charge in [-0.3, -0.25) is 0 Å². The molecule has 3 aromatic rings. The fourth-order valence-electron chi connectivity index (χ4n) is 2.22. The van der Waals surface area contributed by atoms with Crippen molar-refractivity contribution in [3.8, 4) is 5.82 Å². The lowest BCUT2D eigenvalue weighted by molar-refractivity contribution is 0.579. The number of nitrogens with one attached hydrogen (secondary N) is 2. The Morgan fingerprint density at radius 2 is 2.00 bits per heavy atom. The first-order valence-corrected chi connectivity index (χ1v) is 9.42. The van der Waals surface area contributed by atoms with Crippen LogP contribution in [0.2, 0.25) is 0 Å². The zero-order valence-corrected chi connectivity index (χ0v) is 15.5. The minimum atomic E-state index is -3.63. The lowest BCUT2D eigenvalue weighted by Crippen LogP contribution is -2.29. The molecule has 0 spiro atoms. The number of sulfonamides is 1. The van der Waals surface area contributed by atoms with E-state index in [1.165, 1.54) is 12.5 Å². The van der Waals surface area contributed by atoms with Crippen molar-refractivity contribution in [2.45, 2.75) is 18.9 Å². The molecule has 2 N–H and O–H groups in total. The minimum absolute atomic E-state index is 0.0101. The van der Waals surface area contributed by atoms with E-state index < -0.39 is 10.0 Å². The van der Waals surface area contributed by atoms with Crippen LogP contribution in [0.25, 0.3) is 5.82 Å². The Morgan fingerprint density at radius 1 is 1.19 bits per heavy atom. The molecule has 0 saturated carbocycles. The van der Waals surface area contributed by atoms with Crippen molar-refractivity contribution in [3.05, 3.63) is 42.4 Å². The molecule has 0 radical (unpaired) electrons. The van der Waals surface area contributed by atoms with Crippen molar-refractivity contribution >= 4 is 15.8 Å². The predicted octanol–water partition coefficient (Wildman–Crippen LogP) is 0.403. The SMILES string of the molecule is Cc1ccn(-c2cc(NCCNS(=O)(=O)c3cn(C)c(C)n3)ncn2)n1. The number of hydrogen-bond donors (Lipinski definition) is 2. The van der Waals surface area contributed by atoms with E-state index in [2.05, 4.69) is 30.1 Å². The summed E-state index contributed by atoms with van der Waals surface area (Å²) in [5, 5.41) is 7.36. The van der Waals surface area contributed by atoms with E-state index in [0.29, 0.717) is 24.0 Å². The van der Waals surface area contributed by atoms with Gasteiger partial charge in [-0.05, 0) is 19.9 Å². The molecule has 0 aliphatic rings. The number of aryl methyl sites for hydroxylation is 3. The quantitative estimate of drug-likeness (QED) is 0.573. The monoisotopic (exact) mass is 376 g/mol. The third-order valence-electron chi connectivity index (χ3n) is 3.69. The highest BCUT2D eigenvalue weighted by atomic mass is 32.2. The smallest absolute Gasteiger partial charge is 0.259 e. The summed E-state index contributed by atoms with van der Waals surface area (Å²) in [7, 11) is -1.89. The molecule has 0 saturated heterocycles. The Kier molecular flexibility index (Phi) is 5.00. The van der Waals surface area contributed by atoms with Gasteiger partial charge in [-0.2, -0.15) is 5.10 Å². The van der Waals surface area contributed by atoms with Crippen LogP contribution in [-0.4, -0.2) is 50.8 Å². The summed E-state index contributed by atoms with van der Waals surface area (Å²) in [5.74, 6) is 1.84. The minimum Gasteiger partial charge on any atom is -0.369 e. The maximum atomic E-state index is 12.2. The number of hydrogen-bond acceptors (Lipinski definition) is 7. The molecular weight excluding hydrogens is 356 g/mol. The maximum Gasteiger partial charge on any atom is 0.259 e. The first-order valence-electron chi connectivity index (χ1n) is 7.93. The Labute approximate surface area is 151 Å². The molecule has 3 rings (SSSR count). The summed E-state index contributed by atoms with van der Waals surface area (Å²) in [4.78, 5) is 12.3. The highest BCUT2D eigenvalue weighted by Gasteiger charge is 2.17. The van der Waals surface area contributed by atoms with Crippen LogP contribution in [-0.2, 0) is 17.1 Å². The number of anilines is 1. The largest absolute Gasteiger partial charge is 0.369 e. The normalized spacial score (nSPS) is 11.7. The van der Waals surface area contributed by atoms with Crippen LogP contribution in [0, 0.1) is 13.8 Å². The van der Waals surface area contributed by atoms with Crippen molar-refractivity contribution in [2.24, 2.45) is 7.05 Å². The summed E-state index contributed by atoms with van der Waals surface area (Å²) < 4.78 is 30.2. The maximum absolute atomic E-state index is 12.2. The van der Waals surface area contributed by atoms with Crippen LogP contribution >= 0.6 is 0 Å². The number of aromatic nitrogens is 6. The molecule has 26 heavy (non-hydrogen) atoms.